The molecule has 1 heterocycles. The van der Waals surface area contributed by atoms with E-state index in [0.717, 1.165) is 32.5 Å². The fraction of sp³-hybridized carbons (Fsp3) is 1.00. The van der Waals surface area contributed by atoms with Crippen molar-refractivity contribution in [2.75, 3.05) is 13.2 Å². The monoisotopic (exact) mass is 228 g/mol. The van der Waals surface area contributed by atoms with Gasteiger partial charge in [0.2, 0.25) is 0 Å². The summed E-state index contributed by atoms with van der Waals surface area (Å²) in [5, 5.41) is 0. The van der Waals surface area contributed by atoms with E-state index in [0.29, 0.717) is 0 Å². The minimum Gasteiger partial charge on any atom is -0.350 e. The van der Waals surface area contributed by atoms with Crippen molar-refractivity contribution < 1.29 is 9.47 Å². The molecule has 1 saturated heterocycles. The molecular formula is C14H28O2. The minimum atomic E-state index is -0.316. The Hall–Kier alpha value is -0.0800. The third kappa shape index (κ3) is 3.46. The average molecular weight is 228 g/mol. The molecule has 1 aliphatic heterocycles. The molecule has 1 fully saturated rings. The molecular weight excluding hydrogens is 200 g/mol. The van der Waals surface area contributed by atoms with Crippen LogP contribution in [0, 0.1) is 5.41 Å². The third-order valence-electron chi connectivity index (χ3n) is 4.10. The molecule has 1 rings (SSSR count). The maximum Gasteiger partial charge on any atom is 0.165 e. The second-order valence-corrected chi connectivity index (χ2v) is 5.38. The highest BCUT2D eigenvalue weighted by Crippen LogP contribution is 2.37. The number of unbranched alkanes of at least 4 members (excludes halogenated alkanes) is 2. The summed E-state index contributed by atoms with van der Waals surface area (Å²) in [5.74, 6) is -0.316. The van der Waals surface area contributed by atoms with Gasteiger partial charge in [0.25, 0.3) is 0 Å². The van der Waals surface area contributed by atoms with Crippen molar-refractivity contribution in [2.24, 2.45) is 5.41 Å². The lowest BCUT2D eigenvalue weighted by Crippen LogP contribution is -2.47. The Kier molecular flexibility index (Phi) is 5.26. The van der Waals surface area contributed by atoms with Crippen molar-refractivity contribution in [3.8, 4) is 0 Å². The summed E-state index contributed by atoms with van der Waals surface area (Å²) in [6.07, 6.45) is 7.06. The van der Waals surface area contributed by atoms with Crippen LogP contribution in [0.4, 0.5) is 0 Å². The van der Waals surface area contributed by atoms with Gasteiger partial charge < -0.3 is 9.47 Å². The molecule has 0 aromatic heterocycles. The van der Waals surface area contributed by atoms with E-state index in [2.05, 4.69) is 27.7 Å². The highest BCUT2D eigenvalue weighted by atomic mass is 16.7. The van der Waals surface area contributed by atoms with Crippen LogP contribution < -0.4 is 0 Å². The van der Waals surface area contributed by atoms with Gasteiger partial charge in [-0.15, -0.1) is 0 Å². The molecule has 16 heavy (non-hydrogen) atoms. The van der Waals surface area contributed by atoms with Gasteiger partial charge in [-0.05, 0) is 26.2 Å². The zero-order valence-corrected chi connectivity index (χ0v) is 11.5. The van der Waals surface area contributed by atoms with E-state index in [4.69, 9.17) is 9.47 Å². The van der Waals surface area contributed by atoms with Gasteiger partial charge in [0.1, 0.15) is 0 Å². The molecule has 1 aliphatic rings. The van der Waals surface area contributed by atoms with Gasteiger partial charge in [0.15, 0.2) is 5.79 Å². The molecule has 96 valence electrons. The average Bonchev–Trinajstić information content (AvgIpc) is 2.31. The molecule has 2 nitrogen and oxygen atoms in total. The van der Waals surface area contributed by atoms with E-state index < -0.39 is 0 Å². The number of ether oxygens (including phenoxy) is 2. The number of rotatable bonds is 6. The molecule has 0 bridgehead atoms. The topological polar surface area (TPSA) is 18.5 Å². The van der Waals surface area contributed by atoms with Crippen molar-refractivity contribution in [1.29, 1.82) is 0 Å². The van der Waals surface area contributed by atoms with Crippen LogP contribution in [0.2, 0.25) is 0 Å². The summed E-state index contributed by atoms with van der Waals surface area (Å²) in [6, 6.07) is 0. The molecule has 0 amide bonds. The highest BCUT2D eigenvalue weighted by Gasteiger charge is 2.39. The first-order valence-electron chi connectivity index (χ1n) is 6.87. The lowest BCUT2D eigenvalue weighted by molar-refractivity contribution is -0.299. The molecule has 0 aliphatic carbocycles. The van der Waals surface area contributed by atoms with Gasteiger partial charge in [-0.3, -0.25) is 0 Å². The summed E-state index contributed by atoms with van der Waals surface area (Å²) in [6.45, 7) is 10.5. The first-order valence-corrected chi connectivity index (χ1v) is 6.87. The van der Waals surface area contributed by atoms with E-state index >= 15 is 0 Å². The van der Waals surface area contributed by atoms with Crippen molar-refractivity contribution in [2.45, 2.75) is 72.0 Å². The predicted octanol–water partition coefficient (Wildman–Crippen LogP) is 4.14. The fourth-order valence-corrected chi connectivity index (χ4v) is 2.19. The standard InChI is InChI=1S/C14H28O2/c1-5-8-9-10-13(4)15-11-14(6-2,7-3)12-16-13/h5-12H2,1-4H3. The zero-order valence-electron chi connectivity index (χ0n) is 11.5. The van der Waals surface area contributed by atoms with E-state index in [1.54, 1.807) is 0 Å². The molecule has 0 atom stereocenters. The van der Waals surface area contributed by atoms with Crippen LogP contribution >= 0.6 is 0 Å². The second kappa shape index (κ2) is 6.02. The summed E-state index contributed by atoms with van der Waals surface area (Å²) < 4.78 is 12.0. The summed E-state index contributed by atoms with van der Waals surface area (Å²) >= 11 is 0. The van der Waals surface area contributed by atoms with Gasteiger partial charge >= 0.3 is 0 Å². The summed E-state index contributed by atoms with van der Waals surface area (Å²) in [7, 11) is 0. The van der Waals surface area contributed by atoms with Gasteiger partial charge in [-0.1, -0.05) is 33.6 Å². The van der Waals surface area contributed by atoms with Crippen LogP contribution in [-0.2, 0) is 9.47 Å². The molecule has 0 aromatic rings. The predicted molar refractivity (Wildman–Crippen MR) is 67.5 cm³/mol. The van der Waals surface area contributed by atoms with E-state index in [1.165, 1.54) is 19.3 Å². The van der Waals surface area contributed by atoms with Crippen LogP contribution in [-0.4, -0.2) is 19.0 Å². The molecule has 0 saturated carbocycles. The van der Waals surface area contributed by atoms with Crippen LogP contribution in [0.3, 0.4) is 0 Å². The Balaban J connectivity index is 2.39. The first-order chi connectivity index (χ1) is 7.60. The van der Waals surface area contributed by atoms with Crippen molar-refractivity contribution >= 4 is 0 Å². The number of hydrogen-bond donors (Lipinski definition) is 0. The Morgan fingerprint density at radius 3 is 1.94 bits per heavy atom. The van der Waals surface area contributed by atoms with Crippen LogP contribution in [0.5, 0.6) is 0 Å². The Labute approximate surface area is 101 Å². The van der Waals surface area contributed by atoms with E-state index in [1.807, 2.05) is 0 Å². The third-order valence-corrected chi connectivity index (χ3v) is 4.10. The molecule has 0 spiro atoms. The number of hydrogen-bond acceptors (Lipinski definition) is 2. The van der Waals surface area contributed by atoms with E-state index in [9.17, 15) is 0 Å². The Bertz CT molecular complexity index is 187. The van der Waals surface area contributed by atoms with Crippen molar-refractivity contribution in [3.05, 3.63) is 0 Å². The van der Waals surface area contributed by atoms with Crippen molar-refractivity contribution in [3.63, 3.8) is 0 Å². The molecule has 2 heteroatoms. The van der Waals surface area contributed by atoms with Crippen LogP contribution in [0.15, 0.2) is 0 Å². The zero-order chi connectivity index (χ0) is 12.1. The van der Waals surface area contributed by atoms with E-state index in [-0.39, 0.29) is 11.2 Å². The Morgan fingerprint density at radius 2 is 1.50 bits per heavy atom. The smallest absolute Gasteiger partial charge is 0.165 e. The summed E-state index contributed by atoms with van der Waals surface area (Å²) in [4.78, 5) is 0. The largest absolute Gasteiger partial charge is 0.350 e. The maximum absolute atomic E-state index is 5.99. The van der Waals surface area contributed by atoms with Gasteiger partial charge in [-0.2, -0.15) is 0 Å². The lowest BCUT2D eigenvalue weighted by Gasteiger charge is -2.44. The quantitative estimate of drug-likeness (QED) is 0.636. The molecule has 0 unspecified atom stereocenters. The first kappa shape index (κ1) is 14.0. The molecule has 0 aromatic carbocycles. The van der Waals surface area contributed by atoms with Crippen molar-refractivity contribution in [1.82, 2.24) is 0 Å². The van der Waals surface area contributed by atoms with Crippen LogP contribution in [0.25, 0.3) is 0 Å². The minimum absolute atomic E-state index is 0.268. The second-order valence-electron chi connectivity index (χ2n) is 5.38. The highest BCUT2D eigenvalue weighted by molar-refractivity contribution is 4.82. The molecule has 0 radical (unpaired) electrons. The normalized spacial score (nSPS) is 23.2. The van der Waals surface area contributed by atoms with Gasteiger partial charge in [-0.25, -0.2) is 0 Å². The lowest BCUT2D eigenvalue weighted by atomic mass is 9.83. The SMILES string of the molecule is CCCCCC1(C)OCC(CC)(CC)CO1. The van der Waals surface area contributed by atoms with Crippen LogP contribution in [0.1, 0.15) is 66.2 Å². The fourth-order valence-electron chi connectivity index (χ4n) is 2.19. The Morgan fingerprint density at radius 1 is 0.938 bits per heavy atom. The maximum atomic E-state index is 5.99. The van der Waals surface area contributed by atoms with Gasteiger partial charge in [0, 0.05) is 11.8 Å². The summed E-state index contributed by atoms with van der Waals surface area (Å²) in [5.41, 5.74) is 0.268. The molecule has 0 N–H and O–H groups in total. The van der Waals surface area contributed by atoms with Gasteiger partial charge in [0.05, 0.1) is 13.2 Å².